The van der Waals surface area contributed by atoms with Crippen molar-refractivity contribution in [3.05, 3.63) is 89.5 Å². The Hall–Kier alpha value is -3.62. The highest BCUT2D eigenvalue weighted by atomic mass is 127. The minimum absolute atomic E-state index is 0.0411. The van der Waals surface area contributed by atoms with Crippen LogP contribution in [0.4, 0.5) is 30.2 Å². The van der Waals surface area contributed by atoms with Gasteiger partial charge in [0, 0.05) is 30.4 Å². The molecule has 0 bridgehead atoms. The molecule has 178 valence electrons. The number of hydrogen-bond acceptors (Lipinski definition) is 7. The van der Waals surface area contributed by atoms with Crippen LogP contribution in [0.15, 0.2) is 54.6 Å². The van der Waals surface area contributed by atoms with Crippen LogP contribution in [-0.4, -0.2) is 17.0 Å². The second kappa shape index (κ2) is 10.1. The summed E-state index contributed by atoms with van der Waals surface area (Å²) in [6.07, 6.45) is -4.74. The second-order valence-electron chi connectivity index (χ2n) is 6.81. The SMILES string of the molecule is COc1cc(CNc2ccc([N+](=O)[O-])cc2)cc(I)c1Oc1ccc(C(F)(F)F)cc1[N+](=O)[O-]. The van der Waals surface area contributed by atoms with Gasteiger partial charge in [0.15, 0.2) is 11.5 Å². The minimum Gasteiger partial charge on any atom is -0.493 e. The van der Waals surface area contributed by atoms with Gasteiger partial charge in [0.25, 0.3) is 5.69 Å². The Kier molecular flexibility index (Phi) is 7.44. The van der Waals surface area contributed by atoms with Crippen LogP contribution in [0.3, 0.4) is 0 Å². The van der Waals surface area contributed by atoms with E-state index >= 15 is 0 Å². The Labute approximate surface area is 203 Å². The highest BCUT2D eigenvalue weighted by Crippen LogP contribution is 2.42. The minimum atomic E-state index is -4.74. The number of nitro benzene ring substituents is 2. The average Bonchev–Trinajstić information content (AvgIpc) is 2.78. The van der Waals surface area contributed by atoms with Gasteiger partial charge in [0.2, 0.25) is 5.75 Å². The molecule has 3 rings (SSSR count). The molecule has 34 heavy (non-hydrogen) atoms. The molecule has 0 heterocycles. The Morgan fingerprint density at radius 2 is 1.65 bits per heavy atom. The van der Waals surface area contributed by atoms with Gasteiger partial charge in [0.1, 0.15) is 0 Å². The molecule has 0 amide bonds. The number of hydrogen-bond donors (Lipinski definition) is 1. The second-order valence-corrected chi connectivity index (χ2v) is 7.97. The normalized spacial score (nSPS) is 11.1. The van der Waals surface area contributed by atoms with Crippen molar-refractivity contribution in [1.82, 2.24) is 0 Å². The number of benzene rings is 3. The van der Waals surface area contributed by atoms with E-state index in [2.05, 4.69) is 5.32 Å². The van der Waals surface area contributed by atoms with Crippen molar-refractivity contribution in [2.45, 2.75) is 12.7 Å². The summed E-state index contributed by atoms with van der Waals surface area (Å²) in [6.45, 7) is 0.310. The topological polar surface area (TPSA) is 117 Å². The molecule has 0 saturated heterocycles. The molecule has 0 aromatic heterocycles. The number of halogens is 4. The van der Waals surface area contributed by atoms with Gasteiger partial charge in [-0.3, -0.25) is 20.2 Å². The van der Waals surface area contributed by atoms with Gasteiger partial charge in [-0.2, -0.15) is 13.2 Å². The van der Waals surface area contributed by atoms with Crippen molar-refractivity contribution < 1.29 is 32.5 Å². The first-order valence-electron chi connectivity index (χ1n) is 9.38. The summed E-state index contributed by atoms with van der Waals surface area (Å²) < 4.78 is 50.3. The van der Waals surface area contributed by atoms with E-state index in [1.165, 1.54) is 19.2 Å². The lowest BCUT2D eigenvalue weighted by Gasteiger charge is -2.15. The zero-order chi connectivity index (χ0) is 25.0. The molecular formula is C21H15F3IN3O6. The number of methoxy groups -OCH3 is 1. The van der Waals surface area contributed by atoms with Gasteiger partial charge < -0.3 is 14.8 Å². The molecule has 3 aromatic carbocycles. The molecule has 0 saturated carbocycles. The maximum absolute atomic E-state index is 12.9. The Morgan fingerprint density at radius 1 is 0.971 bits per heavy atom. The number of rotatable bonds is 8. The first kappa shape index (κ1) is 25.0. The molecule has 3 aromatic rings. The van der Waals surface area contributed by atoms with Crippen molar-refractivity contribution in [3.8, 4) is 17.2 Å². The van der Waals surface area contributed by atoms with Crippen LogP contribution in [0.25, 0.3) is 0 Å². The highest BCUT2D eigenvalue weighted by molar-refractivity contribution is 14.1. The average molecular weight is 589 g/mol. The molecule has 1 N–H and O–H groups in total. The number of anilines is 1. The number of nitrogens with one attached hydrogen (secondary N) is 1. The first-order valence-corrected chi connectivity index (χ1v) is 10.5. The van der Waals surface area contributed by atoms with E-state index < -0.39 is 27.3 Å². The lowest BCUT2D eigenvalue weighted by Crippen LogP contribution is -2.06. The molecule has 9 nitrogen and oxygen atoms in total. The van der Waals surface area contributed by atoms with E-state index in [4.69, 9.17) is 9.47 Å². The Balaban J connectivity index is 1.85. The predicted molar refractivity (Wildman–Crippen MR) is 124 cm³/mol. The van der Waals surface area contributed by atoms with Crippen molar-refractivity contribution in [1.29, 1.82) is 0 Å². The molecule has 0 spiro atoms. The van der Waals surface area contributed by atoms with E-state index in [1.54, 1.807) is 24.3 Å². The smallest absolute Gasteiger partial charge is 0.416 e. The quantitative estimate of drug-likeness (QED) is 0.180. The van der Waals surface area contributed by atoms with Crippen LogP contribution in [-0.2, 0) is 12.7 Å². The monoisotopic (exact) mass is 589 g/mol. The van der Waals surface area contributed by atoms with Gasteiger partial charge in [-0.05, 0) is 64.6 Å². The van der Waals surface area contributed by atoms with E-state index in [9.17, 15) is 33.4 Å². The van der Waals surface area contributed by atoms with Crippen LogP contribution in [0.1, 0.15) is 11.1 Å². The number of nitrogens with zero attached hydrogens (tertiary/aromatic N) is 2. The highest BCUT2D eigenvalue weighted by Gasteiger charge is 2.33. The van der Waals surface area contributed by atoms with Crippen molar-refractivity contribution in [2.24, 2.45) is 0 Å². The lowest BCUT2D eigenvalue weighted by molar-refractivity contribution is -0.385. The lowest BCUT2D eigenvalue weighted by atomic mass is 10.1. The van der Waals surface area contributed by atoms with E-state index in [-0.39, 0.29) is 22.9 Å². The summed E-state index contributed by atoms with van der Waals surface area (Å²) in [5.74, 6) is -0.0578. The van der Waals surface area contributed by atoms with Crippen LogP contribution in [0, 0.1) is 23.8 Å². The van der Waals surface area contributed by atoms with Crippen molar-refractivity contribution in [2.75, 3.05) is 12.4 Å². The third-order valence-electron chi connectivity index (χ3n) is 4.56. The molecule has 13 heteroatoms. The summed E-state index contributed by atoms with van der Waals surface area (Å²) in [5.41, 5.74) is -0.674. The molecule has 0 unspecified atom stereocenters. The third-order valence-corrected chi connectivity index (χ3v) is 5.36. The van der Waals surface area contributed by atoms with E-state index in [0.29, 0.717) is 27.9 Å². The summed E-state index contributed by atoms with van der Waals surface area (Å²) in [5, 5.41) is 25.2. The molecule has 0 aliphatic rings. The van der Waals surface area contributed by atoms with E-state index in [0.717, 1.165) is 11.6 Å². The summed E-state index contributed by atoms with van der Waals surface area (Å²) >= 11 is 1.92. The van der Waals surface area contributed by atoms with Gasteiger partial charge in [-0.15, -0.1) is 0 Å². The summed E-state index contributed by atoms with van der Waals surface area (Å²) in [4.78, 5) is 20.6. The first-order chi connectivity index (χ1) is 16.0. The molecule has 0 fully saturated rings. The van der Waals surface area contributed by atoms with Gasteiger partial charge >= 0.3 is 11.9 Å². The zero-order valence-corrected chi connectivity index (χ0v) is 19.4. The Bertz CT molecular complexity index is 1240. The fourth-order valence-electron chi connectivity index (χ4n) is 2.91. The summed E-state index contributed by atoms with van der Waals surface area (Å²) in [6, 6.07) is 11.1. The van der Waals surface area contributed by atoms with Crippen LogP contribution >= 0.6 is 22.6 Å². The zero-order valence-electron chi connectivity index (χ0n) is 17.3. The number of non-ortho nitro benzene ring substituents is 1. The fourth-order valence-corrected chi connectivity index (χ4v) is 3.69. The van der Waals surface area contributed by atoms with E-state index in [1.807, 2.05) is 22.6 Å². The van der Waals surface area contributed by atoms with Gasteiger partial charge in [0.05, 0.1) is 26.1 Å². The number of ether oxygens (including phenoxy) is 2. The fraction of sp³-hybridized carbons (Fsp3) is 0.143. The predicted octanol–water partition coefficient (Wildman–Crippen LogP) is 6.54. The maximum atomic E-state index is 12.9. The largest absolute Gasteiger partial charge is 0.493 e. The standard InChI is InChI=1S/C21H15F3IN3O6/c1-33-19-9-12(11-26-14-3-5-15(6-4-14)27(29)30)8-16(25)20(19)34-18-7-2-13(21(22,23)24)10-17(18)28(31)32/h2-10,26H,11H2,1H3. The maximum Gasteiger partial charge on any atom is 0.416 e. The number of nitro groups is 2. The third kappa shape index (κ3) is 5.84. The number of alkyl halides is 3. The molecule has 0 aliphatic heterocycles. The molecule has 0 aliphatic carbocycles. The van der Waals surface area contributed by atoms with Crippen molar-refractivity contribution in [3.63, 3.8) is 0 Å². The molecule has 0 atom stereocenters. The Morgan fingerprint density at radius 3 is 2.21 bits per heavy atom. The van der Waals surface area contributed by atoms with Gasteiger partial charge in [-0.1, -0.05) is 0 Å². The van der Waals surface area contributed by atoms with Crippen molar-refractivity contribution >= 4 is 39.7 Å². The summed E-state index contributed by atoms with van der Waals surface area (Å²) in [7, 11) is 1.35. The van der Waals surface area contributed by atoms with Gasteiger partial charge in [-0.25, -0.2) is 0 Å². The molecule has 0 radical (unpaired) electrons. The van der Waals surface area contributed by atoms with Crippen LogP contribution in [0.5, 0.6) is 17.2 Å². The van der Waals surface area contributed by atoms with Crippen LogP contribution in [0.2, 0.25) is 0 Å². The molecular weight excluding hydrogens is 574 g/mol. The van der Waals surface area contributed by atoms with Crippen LogP contribution < -0.4 is 14.8 Å².